The van der Waals surface area contributed by atoms with Crippen LogP contribution in [0.2, 0.25) is 0 Å². The lowest BCUT2D eigenvalue weighted by atomic mass is 9.91. The zero-order chi connectivity index (χ0) is 45.9. The fourth-order valence-corrected chi connectivity index (χ4v) is 9.54. The Morgan fingerprint density at radius 3 is 1.24 bits per heavy atom. The van der Waals surface area contributed by atoms with Gasteiger partial charge in [-0.3, -0.25) is 0 Å². The monoisotopic (exact) mass is 874 g/mol. The van der Waals surface area contributed by atoms with Gasteiger partial charge in [-0.05, 0) is 44.5 Å². The average Bonchev–Trinajstić information content (AvgIpc) is 3.72. The minimum Gasteiger partial charge on any atom is -0.507 e. The van der Waals surface area contributed by atoms with Crippen LogP contribution in [0.5, 0.6) is 51.7 Å². The Balaban J connectivity index is 0.00000238. The van der Waals surface area contributed by atoms with Gasteiger partial charge in [0.25, 0.3) is 0 Å². The summed E-state index contributed by atoms with van der Waals surface area (Å²) in [5.41, 5.74) is 1.66. The second kappa shape index (κ2) is 14.4. The molecule has 0 atom stereocenters. The molecule has 0 amide bonds. The number of aromatic nitrogens is 4. The fraction of sp³-hybridized carbons (Fsp3) is 0.0192. The first-order valence-electron chi connectivity index (χ1n) is 20.4. The summed E-state index contributed by atoms with van der Waals surface area (Å²) in [6.45, 7) is 0. The first kappa shape index (κ1) is 39.6. The molecule has 0 unspecified atom stereocenters. The normalized spacial score (nSPS) is 11.7. The molecule has 14 heteroatoms. The zero-order valence-corrected chi connectivity index (χ0v) is 34.4. The minimum atomic E-state index is -1.15. The maximum absolute atomic E-state index is 12.1. The molecular formula is C52H34N4O10. The van der Waals surface area contributed by atoms with Crippen LogP contribution >= 0.6 is 0 Å². The topological polar surface area (TPSA) is 246 Å². The van der Waals surface area contributed by atoms with Crippen molar-refractivity contribution in [3.05, 3.63) is 127 Å². The Morgan fingerprint density at radius 1 is 0.333 bits per heavy atom. The maximum atomic E-state index is 12.1. The SMILES string of the molecule is CO.Oc1c(O)c(O)c2c(c1O)c1c(O)cc(O)c3c1c1c2c(O)c(O)c(O)c1n3-c1cc2c3ccccc3c3ccccc3c2cc1-c1nc(-c2ccccc2)nc(-c2ccccc2)n1. The molecule has 0 saturated carbocycles. The summed E-state index contributed by atoms with van der Waals surface area (Å²) in [7, 11) is 1.00. The quantitative estimate of drug-likeness (QED) is 0.0450. The molecule has 2 aromatic heterocycles. The number of aliphatic hydroxyl groups excluding tert-OH is 1. The smallest absolute Gasteiger partial charge is 0.204 e. The van der Waals surface area contributed by atoms with Crippen LogP contribution in [0.3, 0.4) is 0 Å². The second-order valence-corrected chi connectivity index (χ2v) is 15.7. The highest BCUT2D eigenvalue weighted by Crippen LogP contribution is 2.62. The van der Waals surface area contributed by atoms with E-state index in [-0.39, 0.29) is 44.1 Å². The zero-order valence-electron chi connectivity index (χ0n) is 34.4. The highest BCUT2D eigenvalue weighted by molar-refractivity contribution is 6.41. The van der Waals surface area contributed by atoms with Gasteiger partial charge in [0.15, 0.2) is 40.5 Å². The van der Waals surface area contributed by atoms with E-state index in [0.717, 1.165) is 45.5 Å². The van der Waals surface area contributed by atoms with Crippen molar-refractivity contribution in [3.8, 4) is 91.6 Å². The molecule has 12 aromatic rings. The van der Waals surface area contributed by atoms with Crippen LogP contribution in [0.15, 0.2) is 127 Å². The van der Waals surface area contributed by atoms with Crippen LogP contribution in [0, 0.1) is 0 Å². The molecule has 10 N–H and O–H groups in total. The number of fused-ring (bicyclic) bond motifs is 9. The largest absolute Gasteiger partial charge is 0.507 e. The van der Waals surface area contributed by atoms with Gasteiger partial charge in [-0.25, -0.2) is 15.0 Å². The molecule has 2 heterocycles. The molecule has 0 saturated heterocycles. The number of aliphatic hydroxyl groups is 1. The van der Waals surface area contributed by atoms with Crippen molar-refractivity contribution in [2.45, 2.75) is 0 Å². The predicted octanol–water partition coefficient (Wildman–Crippen LogP) is 10.1. The predicted molar refractivity (Wildman–Crippen MR) is 252 cm³/mol. The van der Waals surface area contributed by atoms with Gasteiger partial charge >= 0.3 is 0 Å². The van der Waals surface area contributed by atoms with Crippen LogP contribution in [0.4, 0.5) is 0 Å². The van der Waals surface area contributed by atoms with E-state index in [2.05, 4.69) is 0 Å². The summed E-state index contributed by atoms with van der Waals surface area (Å²) in [4.78, 5) is 15.1. The van der Waals surface area contributed by atoms with Crippen molar-refractivity contribution >= 4 is 75.7 Å². The number of nitrogens with zero attached hydrogens (tertiary/aromatic N) is 4. The Bertz CT molecular complexity index is 3950. The summed E-state index contributed by atoms with van der Waals surface area (Å²) in [6.07, 6.45) is 0. The third-order valence-corrected chi connectivity index (χ3v) is 12.3. The molecule has 0 aliphatic carbocycles. The summed E-state index contributed by atoms with van der Waals surface area (Å²) in [5, 5.41) is 114. The molecule has 0 fully saturated rings. The number of phenolic OH excluding ortho intramolecular Hbond substituents is 9. The van der Waals surface area contributed by atoms with E-state index in [4.69, 9.17) is 20.1 Å². The molecule has 0 radical (unpaired) electrons. The van der Waals surface area contributed by atoms with Crippen LogP contribution < -0.4 is 0 Å². The molecule has 66 heavy (non-hydrogen) atoms. The van der Waals surface area contributed by atoms with Gasteiger partial charge in [0.1, 0.15) is 17.0 Å². The standard InChI is InChI=1S/C51H30N4O9.CH4O/c56-32-21-33(57)40-35-34(32)37-39(44(60)48(64)47(63)42(37)58)38-36(35)41(45(61)46(62)43(38)59)55(40)31-20-29-27-18-10-8-16-25(27)24-15-7-9-17-26(24)28(29)19-30(31)51-53-49(22-11-3-1-4-12-22)52-50(54-51)23-13-5-2-6-14-23;1-2/h1-21,56-64H;2H,1H3. The van der Waals surface area contributed by atoms with Crippen LogP contribution in [0.1, 0.15) is 0 Å². The van der Waals surface area contributed by atoms with Gasteiger partial charge in [-0.2, -0.15) is 0 Å². The number of aromatic hydroxyl groups is 9. The average molecular weight is 875 g/mol. The summed E-state index contributed by atoms with van der Waals surface area (Å²) < 4.78 is 1.44. The third kappa shape index (κ3) is 5.30. The molecule has 10 aromatic carbocycles. The van der Waals surface area contributed by atoms with E-state index in [1.165, 1.54) is 4.57 Å². The molecule has 0 aliphatic rings. The second-order valence-electron chi connectivity index (χ2n) is 15.7. The molecule has 0 aliphatic heterocycles. The summed E-state index contributed by atoms with van der Waals surface area (Å²) in [5.74, 6) is -7.47. The lowest BCUT2D eigenvalue weighted by molar-refractivity contribution is 0.351. The molecular weight excluding hydrogens is 841 g/mol. The molecule has 12 rings (SSSR count). The van der Waals surface area contributed by atoms with Gasteiger partial charge in [0.2, 0.25) is 17.2 Å². The van der Waals surface area contributed by atoms with E-state index in [1.807, 2.05) is 121 Å². The van der Waals surface area contributed by atoms with Gasteiger partial charge < -0.3 is 55.6 Å². The highest BCUT2D eigenvalue weighted by Gasteiger charge is 2.35. The molecule has 0 spiro atoms. The maximum Gasteiger partial charge on any atom is 0.204 e. The molecule has 14 nitrogen and oxygen atoms in total. The first-order valence-corrected chi connectivity index (χ1v) is 20.4. The Hall–Kier alpha value is -9.27. The fourth-order valence-electron chi connectivity index (χ4n) is 9.54. The van der Waals surface area contributed by atoms with E-state index in [0.29, 0.717) is 28.3 Å². The van der Waals surface area contributed by atoms with Gasteiger partial charge in [0.05, 0.1) is 11.2 Å². The number of hydrogen-bond acceptors (Lipinski definition) is 13. The van der Waals surface area contributed by atoms with Gasteiger partial charge in [-0.1, -0.05) is 109 Å². The van der Waals surface area contributed by atoms with Crippen molar-refractivity contribution in [2.24, 2.45) is 0 Å². The van der Waals surface area contributed by atoms with E-state index >= 15 is 0 Å². The van der Waals surface area contributed by atoms with E-state index in [9.17, 15) is 46.0 Å². The highest BCUT2D eigenvalue weighted by atomic mass is 16.3. The van der Waals surface area contributed by atoms with E-state index < -0.39 is 62.5 Å². The van der Waals surface area contributed by atoms with Gasteiger partial charge in [0, 0.05) is 62.2 Å². The van der Waals surface area contributed by atoms with Crippen molar-refractivity contribution in [1.82, 2.24) is 19.5 Å². The lowest BCUT2D eigenvalue weighted by Crippen LogP contribution is -2.04. The van der Waals surface area contributed by atoms with E-state index in [1.54, 1.807) is 0 Å². The van der Waals surface area contributed by atoms with Gasteiger partial charge in [-0.15, -0.1) is 0 Å². The number of benzene rings is 10. The summed E-state index contributed by atoms with van der Waals surface area (Å²) in [6, 6.07) is 39.3. The van der Waals surface area contributed by atoms with Crippen molar-refractivity contribution in [2.75, 3.05) is 7.11 Å². The Kier molecular flexibility index (Phi) is 8.62. The molecule has 322 valence electrons. The number of hydrogen-bond donors (Lipinski definition) is 10. The number of phenols is 9. The van der Waals surface area contributed by atoms with Crippen molar-refractivity contribution in [3.63, 3.8) is 0 Å². The number of rotatable bonds is 4. The summed E-state index contributed by atoms with van der Waals surface area (Å²) >= 11 is 0. The van der Waals surface area contributed by atoms with Crippen molar-refractivity contribution in [1.29, 1.82) is 0 Å². The Morgan fingerprint density at radius 2 is 0.727 bits per heavy atom. The lowest BCUT2D eigenvalue weighted by Gasteiger charge is -2.19. The third-order valence-electron chi connectivity index (χ3n) is 12.3. The Labute approximate surface area is 371 Å². The van der Waals surface area contributed by atoms with Crippen LogP contribution in [-0.4, -0.2) is 77.7 Å². The van der Waals surface area contributed by atoms with Crippen LogP contribution in [-0.2, 0) is 0 Å². The van der Waals surface area contributed by atoms with Crippen molar-refractivity contribution < 1.29 is 51.1 Å². The van der Waals surface area contributed by atoms with Crippen LogP contribution in [0.25, 0.3) is 116 Å². The molecule has 0 bridgehead atoms. The first-order chi connectivity index (χ1) is 32.0. The minimum absolute atomic E-state index is 0.0552.